The van der Waals surface area contributed by atoms with Crippen LogP contribution in [0.1, 0.15) is 24.3 Å². The van der Waals surface area contributed by atoms with E-state index in [0.29, 0.717) is 16.8 Å². The molecule has 2 aliphatic carbocycles. The monoisotopic (exact) mass is 725 g/mol. The van der Waals surface area contributed by atoms with Gasteiger partial charge in [-0.1, -0.05) is 35.9 Å². The van der Waals surface area contributed by atoms with Crippen LogP contribution in [-0.2, 0) is 19.2 Å². The maximum Gasteiger partial charge on any atom is 0.258 e. The number of alkyl halides is 2. The number of nitrogens with one attached hydrogen (secondary N) is 1. The first kappa shape index (κ1) is 33.0. The minimum absolute atomic E-state index is 0.0792. The van der Waals surface area contributed by atoms with Crippen molar-refractivity contribution in [3.63, 3.8) is 0 Å². The molecule has 0 aromatic heterocycles. The first-order chi connectivity index (χ1) is 24.5. The number of rotatable bonds is 6. The Morgan fingerprint density at radius 1 is 0.804 bits per heavy atom. The second-order valence-electron chi connectivity index (χ2n) is 13.2. The van der Waals surface area contributed by atoms with Gasteiger partial charge in [0.15, 0.2) is 21.2 Å². The van der Waals surface area contributed by atoms with Gasteiger partial charge in [0, 0.05) is 17.3 Å². The molecule has 0 unspecified atom stereocenters. The predicted molar refractivity (Wildman–Crippen MR) is 190 cm³/mol. The molecule has 9 nitrogen and oxygen atoms in total. The van der Waals surface area contributed by atoms with Gasteiger partial charge in [0.2, 0.25) is 11.8 Å². The SMILES string of the molecule is COc1ccc([C@H]2C3=CC[C@@H]4C(=O)N(c5ccc(Nc6ccccc6)cc5)C(=O)[C@@H]4[C@@H]3C[C@@]3(Cl)C(=O)N(c4ccc(F)cc4)C(=O)[C@@]23Cl)cc1O. The van der Waals surface area contributed by atoms with Crippen LogP contribution in [0.2, 0.25) is 0 Å². The molecule has 3 fully saturated rings. The molecule has 6 atom stereocenters. The number of imide groups is 2. The number of benzene rings is 4. The number of para-hydroxylation sites is 1. The lowest BCUT2D eigenvalue weighted by atomic mass is 9.56. The second kappa shape index (κ2) is 12.0. The van der Waals surface area contributed by atoms with E-state index in [4.69, 9.17) is 27.9 Å². The van der Waals surface area contributed by atoms with E-state index in [2.05, 4.69) is 5.32 Å². The molecule has 4 amide bonds. The highest BCUT2D eigenvalue weighted by atomic mass is 35.5. The molecule has 2 heterocycles. The number of nitrogens with zero attached hydrogens (tertiary/aromatic N) is 2. The molecule has 2 saturated heterocycles. The van der Waals surface area contributed by atoms with Crippen molar-refractivity contribution >= 4 is 69.6 Å². The number of allylic oxidation sites excluding steroid dienone is 2. The van der Waals surface area contributed by atoms with Gasteiger partial charge in [-0.3, -0.25) is 24.1 Å². The maximum absolute atomic E-state index is 14.5. The molecule has 258 valence electrons. The smallest absolute Gasteiger partial charge is 0.258 e. The summed E-state index contributed by atoms with van der Waals surface area (Å²) in [7, 11) is 1.39. The summed E-state index contributed by atoms with van der Waals surface area (Å²) in [6.07, 6.45) is 1.77. The van der Waals surface area contributed by atoms with Crippen molar-refractivity contribution in [2.24, 2.45) is 17.8 Å². The third kappa shape index (κ3) is 4.80. The van der Waals surface area contributed by atoms with E-state index >= 15 is 0 Å². The number of hydrogen-bond donors (Lipinski definition) is 2. The molecule has 1 saturated carbocycles. The Morgan fingerprint density at radius 3 is 2.12 bits per heavy atom. The molecule has 51 heavy (non-hydrogen) atoms. The fraction of sp³-hybridized carbons (Fsp3) is 0.231. The zero-order chi connectivity index (χ0) is 35.8. The van der Waals surface area contributed by atoms with Crippen molar-refractivity contribution in [3.05, 3.63) is 120 Å². The molecule has 8 rings (SSSR count). The van der Waals surface area contributed by atoms with Crippen LogP contribution in [-0.4, -0.2) is 45.6 Å². The average molecular weight is 727 g/mol. The molecule has 2 aliphatic heterocycles. The van der Waals surface area contributed by atoms with Gasteiger partial charge in [0.25, 0.3) is 11.8 Å². The van der Waals surface area contributed by atoms with Crippen LogP contribution in [0.25, 0.3) is 0 Å². The summed E-state index contributed by atoms with van der Waals surface area (Å²) in [5.41, 5.74) is 3.05. The van der Waals surface area contributed by atoms with Crippen molar-refractivity contribution in [2.75, 3.05) is 22.2 Å². The van der Waals surface area contributed by atoms with Crippen molar-refractivity contribution in [1.29, 1.82) is 0 Å². The summed E-state index contributed by atoms with van der Waals surface area (Å²) in [6, 6.07) is 25.9. The summed E-state index contributed by atoms with van der Waals surface area (Å²) >= 11 is 14.8. The number of amides is 4. The number of phenols is 1. The highest BCUT2D eigenvalue weighted by molar-refractivity contribution is 6.58. The Bertz CT molecular complexity index is 2150. The summed E-state index contributed by atoms with van der Waals surface area (Å²) in [6.45, 7) is 0. The standard InChI is InChI=1S/C39H30Cl2FN3O6/c1-51-31-18-7-21(19-30(31)46)33-27-16-17-28-32(35(48)44(34(28)47)25-14-10-24(11-15-25)43-23-5-3-2-4-6-23)29(27)20-38(40)36(49)45(37(50)39(33,38)41)26-12-8-22(42)9-13-26/h2-16,18-19,28-29,32-33,43,46H,17,20H2,1H3/t28-,29+,32-,33-,38+,39-/m0/s1. The van der Waals surface area contributed by atoms with Crippen molar-refractivity contribution in [1.82, 2.24) is 0 Å². The lowest BCUT2D eigenvalue weighted by molar-refractivity contribution is -0.125. The van der Waals surface area contributed by atoms with Gasteiger partial charge in [-0.25, -0.2) is 9.29 Å². The Labute approximate surface area is 302 Å². The van der Waals surface area contributed by atoms with Gasteiger partial charge >= 0.3 is 0 Å². The van der Waals surface area contributed by atoms with E-state index < -0.39 is 57.0 Å². The number of carbonyl (C=O) groups excluding carboxylic acids is 4. The molecular weight excluding hydrogens is 696 g/mol. The third-order valence-corrected chi connectivity index (χ3v) is 12.0. The summed E-state index contributed by atoms with van der Waals surface area (Å²) in [4.78, 5) is 55.2. The number of fused-ring (bicyclic) bond motifs is 4. The van der Waals surface area contributed by atoms with Crippen LogP contribution >= 0.6 is 23.2 Å². The number of ether oxygens (including phenoxy) is 1. The number of carbonyl (C=O) groups is 4. The molecule has 0 bridgehead atoms. The Morgan fingerprint density at radius 2 is 1.45 bits per heavy atom. The van der Waals surface area contributed by atoms with Crippen molar-refractivity contribution < 1.29 is 33.4 Å². The van der Waals surface area contributed by atoms with Crippen molar-refractivity contribution in [3.8, 4) is 11.5 Å². The highest BCUT2D eigenvalue weighted by Gasteiger charge is 2.76. The molecule has 12 heteroatoms. The van der Waals surface area contributed by atoms with E-state index in [-0.39, 0.29) is 35.9 Å². The molecule has 4 aliphatic rings. The van der Waals surface area contributed by atoms with Crippen LogP contribution in [0.4, 0.5) is 27.1 Å². The fourth-order valence-electron chi connectivity index (χ4n) is 8.30. The average Bonchev–Trinajstić information content (AvgIpc) is 3.47. The van der Waals surface area contributed by atoms with E-state index in [1.165, 1.54) is 36.3 Å². The largest absolute Gasteiger partial charge is 0.504 e. The normalized spacial score (nSPS) is 28.3. The molecule has 4 aromatic rings. The number of anilines is 4. The topological polar surface area (TPSA) is 116 Å². The summed E-state index contributed by atoms with van der Waals surface area (Å²) in [5.74, 6) is -6.64. The van der Waals surface area contributed by atoms with Gasteiger partial charge in [0.1, 0.15) is 5.82 Å². The lowest BCUT2D eigenvalue weighted by Crippen LogP contribution is -2.60. The molecular formula is C39H30Cl2FN3O6. The van der Waals surface area contributed by atoms with Gasteiger partial charge in [0.05, 0.1) is 30.3 Å². The third-order valence-electron chi connectivity index (χ3n) is 10.6. The first-order valence-corrected chi connectivity index (χ1v) is 17.1. The van der Waals surface area contributed by atoms with Crippen LogP contribution in [0.15, 0.2) is 109 Å². The van der Waals surface area contributed by atoms with Crippen LogP contribution in [0.3, 0.4) is 0 Å². The van der Waals surface area contributed by atoms with Gasteiger partial charge < -0.3 is 15.2 Å². The minimum atomic E-state index is -2.12. The minimum Gasteiger partial charge on any atom is -0.504 e. The van der Waals surface area contributed by atoms with Gasteiger partial charge in [-0.2, -0.15) is 0 Å². The Hall–Kier alpha value is -5.19. The number of methoxy groups -OCH3 is 1. The predicted octanol–water partition coefficient (Wildman–Crippen LogP) is 7.05. The Balaban J connectivity index is 1.20. The van der Waals surface area contributed by atoms with E-state index in [1.54, 1.807) is 30.3 Å². The van der Waals surface area contributed by atoms with Gasteiger partial charge in [-0.15, -0.1) is 23.2 Å². The lowest BCUT2D eigenvalue weighted by Gasteiger charge is -2.50. The van der Waals surface area contributed by atoms with Crippen LogP contribution < -0.4 is 19.9 Å². The second-order valence-corrected chi connectivity index (χ2v) is 14.5. The molecule has 0 radical (unpaired) electrons. The Kier molecular flexibility index (Phi) is 7.73. The zero-order valence-corrected chi connectivity index (χ0v) is 28.6. The summed E-state index contributed by atoms with van der Waals surface area (Å²) in [5, 5.41) is 14.1. The summed E-state index contributed by atoms with van der Waals surface area (Å²) < 4.78 is 19.2. The first-order valence-electron chi connectivity index (χ1n) is 16.4. The molecule has 0 spiro atoms. The van der Waals surface area contributed by atoms with E-state index in [9.17, 15) is 28.7 Å². The fourth-order valence-corrected chi connectivity index (χ4v) is 9.23. The van der Waals surface area contributed by atoms with Gasteiger partial charge in [-0.05, 0) is 97.1 Å². The maximum atomic E-state index is 14.5. The molecule has 2 N–H and O–H groups in total. The zero-order valence-electron chi connectivity index (χ0n) is 27.1. The number of aromatic hydroxyl groups is 1. The van der Waals surface area contributed by atoms with Crippen LogP contribution in [0.5, 0.6) is 11.5 Å². The highest BCUT2D eigenvalue weighted by Crippen LogP contribution is 2.66. The molecule has 4 aromatic carbocycles. The quantitative estimate of drug-likeness (QED) is 0.124. The van der Waals surface area contributed by atoms with E-state index in [0.717, 1.165) is 28.4 Å². The van der Waals surface area contributed by atoms with Crippen LogP contribution in [0, 0.1) is 23.6 Å². The number of hydrogen-bond acceptors (Lipinski definition) is 7. The van der Waals surface area contributed by atoms with E-state index in [1.807, 2.05) is 36.4 Å². The number of phenolic OH excluding ortho intramolecular Hbond substituents is 1. The van der Waals surface area contributed by atoms with Crippen molar-refractivity contribution in [2.45, 2.75) is 28.5 Å². The number of halogens is 3.